The Hall–Kier alpha value is 0.490. The molecule has 0 radical (unpaired) electrons. The monoisotopic (exact) mass is 316 g/mol. The second-order valence-corrected chi connectivity index (χ2v) is 4.70. The van der Waals surface area contributed by atoms with Gasteiger partial charge in [0.15, 0.2) is 0 Å². The molecule has 0 atom stereocenters. The molecule has 0 amide bonds. The SMILES string of the molecule is CN(N)CCCN(I)CCCN(N)N. The maximum absolute atomic E-state index is 5.49. The van der Waals surface area contributed by atoms with Gasteiger partial charge in [0.1, 0.15) is 0 Å². The third-order valence-electron chi connectivity index (χ3n) is 1.73. The van der Waals surface area contributed by atoms with Gasteiger partial charge in [0.05, 0.1) is 0 Å². The first-order valence-electron chi connectivity index (χ1n) is 4.66. The molecule has 0 aromatic rings. The lowest BCUT2D eigenvalue weighted by Crippen LogP contribution is -2.39. The predicted molar refractivity (Wildman–Crippen MR) is 66.7 cm³/mol. The first kappa shape index (κ1) is 14.5. The summed E-state index contributed by atoms with van der Waals surface area (Å²) in [6.07, 6.45) is 2.05. The number of halogens is 1. The average Bonchev–Trinajstić information content (AvgIpc) is 2.02. The Bertz CT molecular complexity index is 117. The zero-order chi connectivity index (χ0) is 11.0. The summed E-state index contributed by atoms with van der Waals surface area (Å²) < 4.78 is 2.23. The summed E-state index contributed by atoms with van der Waals surface area (Å²) in [6, 6.07) is 0. The summed E-state index contributed by atoms with van der Waals surface area (Å²) in [4.78, 5) is 0. The van der Waals surface area contributed by atoms with Gasteiger partial charge in [0.2, 0.25) is 0 Å². The van der Waals surface area contributed by atoms with Gasteiger partial charge in [-0.25, -0.2) is 3.11 Å². The number of hydrazine groups is 3. The zero-order valence-corrected chi connectivity index (χ0v) is 10.9. The van der Waals surface area contributed by atoms with E-state index in [1.807, 2.05) is 7.05 Å². The molecule has 0 heterocycles. The summed E-state index contributed by atoms with van der Waals surface area (Å²) in [6.45, 7) is 3.67. The van der Waals surface area contributed by atoms with Crippen LogP contribution in [0.3, 0.4) is 0 Å². The zero-order valence-electron chi connectivity index (χ0n) is 8.69. The highest BCUT2D eigenvalue weighted by Gasteiger charge is 2.01. The van der Waals surface area contributed by atoms with Crippen LogP contribution in [0.4, 0.5) is 0 Å². The van der Waals surface area contributed by atoms with Crippen LogP contribution in [0.25, 0.3) is 0 Å². The van der Waals surface area contributed by atoms with E-state index < -0.39 is 0 Å². The molecule has 0 spiro atoms. The van der Waals surface area contributed by atoms with Gasteiger partial charge >= 0.3 is 0 Å². The van der Waals surface area contributed by atoms with Gasteiger partial charge in [-0.1, -0.05) is 0 Å². The Kier molecular flexibility index (Phi) is 9.08. The average molecular weight is 316 g/mol. The van der Waals surface area contributed by atoms with Crippen molar-refractivity contribution in [1.29, 1.82) is 0 Å². The van der Waals surface area contributed by atoms with Crippen LogP contribution >= 0.6 is 22.9 Å². The molecule has 86 valence electrons. The second-order valence-electron chi connectivity index (χ2n) is 3.34. The lowest BCUT2D eigenvalue weighted by atomic mass is 10.4. The molecule has 7 heteroatoms. The predicted octanol–water partition coefficient (Wildman–Crippen LogP) is -0.726. The van der Waals surface area contributed by atoms with E-state index in [-0.39, 0.29) is 0 Å². The van der Waals surface area contributed by atoms with E-state index in [4.69, 9.17) is 17.5 Å². The van der Waals surface area contributed by atoms with Crippen molar-refractivity contribution in [3.63, 3.8) is 0 Å². The summed E-state index contributed by atoms with van der Waals surface area (Å²) in [7, 11) is 1.87. The fourth-order valence-corrected chi connectivity index (χ4v) is 1.71. The van der Waals surface area contributed by atoms with Crippen LogP contribution in [0.5, 0.6) is 0 Å². The largest absolute Gasteiger partial charge is 0.269 e. The van der Waals surface area contributed by atoms with Gasteiger partial charge in [0.25, 0.3) is 0 Å². The topological polar surface area (TPSA) is 87.8 Å². The molecule has 0 saturated heterocycles. The molecule has 0 fully saturated rings. The molecule has 6 nitrogen and oxygen atoms in total. The minimum absolute atomic E-state index is 0.719. The summed E-state index contributed by atoms with van der Waals surface area (Å²) in [5.74, 6) is 16.1. The van der Waals surface area contributed by atoms with Crippen LogP contribution in [-0.2, 0) is 0 Å². The van der Waals surface area contributed by atoms with Gasteiger partial charge in [-0.3, -0.25) is 22.5 Å². The second kappa shape index (κ2) is 8.77. The van der Waals surface area contributed by atoms with Gasteiger partial charge in [-0.2, -0.15) is 5.12 Å². The van der Waals surface area contributed by atoms with Gasteiger partial charge in [0, 0.05) is 56.1 Å². The Morgan fingerprint density at radius 2 is 1.43 bits per heavy atom. The van der Waals surface area contributed by atoms with E-state index in [0.29, 0.717) is 0 Å². The fraction of sp³-hybridized carbons (Fsp3) is 1.00. The third kappa shape index (κ3) is 10.6. The number of nitrogens with zero attached hydrogens (tertiary/aromatic N) is 3. The lowest BCUT2D eigenvalue weighted by Gasteiger charge is -2.16. The van der Waals surface area contributed by atoms with Crippen molar-refractivity contribution in [3.05, 3.63) is 0 Å². The lowest BCUT2D eigenvalue weighted by molar-refractivity contribution is 0.277. The molecule has 0 bridgehead atoms. The summed E-state index contributed by atoms with van der Waals surface area (Å²) in [5.41, 5.74) is 0. The van der Waals surface area contributed by atoms with Crippen molar-refractivity contribution in [2.45, 2.75) is 12.8 Å². The van der Waals surface area contributed by atoms with Crippen LogP contribution in [-0.4, -0.2) is 46.5 Å². The first-order chi connectivity index (χ1) is 6.52. The summed E-state index contributed by atoms with van der Waals surface area (Å²) in [5, 5.41) is 2.92. The van der Waals surface area contributed by atoms with E-state index in [1.54, 1.807) is 5.01 Å². The van der Waals surface area contributed by atoms with Gasteiger partial charge < -0.3 is 0 Å². The fourth-order valence-electron chi connectivity index (χ4n) is 1.03. The standard InChI is InChI=1S/C7H21IN6/c1-12(9)4-2-5-13(8)6-3-7-14(10)11/h2-7,9-11H2,1H3. The number of nitrogens with two attached hydrogens (primary N) is 3. The van der Waals surface area contributed by atoms with Crippen LogP contribution in [0.1, 0.15) is 12.8 Å². The highest BCUT2D eigenvalue weighted by Crippen LogP contribution is 2.01. The van der Waals surface area contributed by atoms with Crippen LogP contribution in [0.15, 0.2) is 0 Å². The molecule has 0 aliphatic rings. The van der Waals surface area contributed by atoms with Crippen molar-refractivity contribution >= 4 is 22.9 Å². The molecule has 0 aromatic heterocycles. The molecule has 0 aromatic carbocycles. The van der Waals surface area contributed by atoms with Crippen LogP contribution in [0.2, 0.25) is 0 Å². The van der Waals surface area contributed by atoms with E-state index in [9.17, 15) is 0 Å². The van der Waals surface area contributed by atoms with Crippen molar-refractivity contribution in [2.24, 2.45) is 17.5 Å². The molecular weight excluding hydrogens is 295 g/mol. The quantitative estimate of drug-likeness (QED) is 0.237. The molecule has 0 rings (SSSR count). The first-order valence-corrected chi connectivity index (χ1v) is 5.62. The van der Waals surface area contributed by atoms with E-state index >= 15 is 0 Å². The maximum Gasteiger partial charge on any atom is 0.0295 e. The van der Waals surface area contributed by atoms with E-state index in [1.165, 1.54) is 5.12 Å². The van der Waals surface area contributed by atoms with E-state index in [0.717, 1.165) is 39.0 Å². The van der Waals surface area contributed by atoms with Gasteiger partial charge in [-0.05, 0) is 12.8 Å². The Morgan fingerprint density at radius 3 is 1.86 bits per heavy atom. The van der Waals surface area contributed by atoms with Crippen molar-refractivity contribution in [2.75, 3.05) is 33.2 Å². The highest BCUT2D eigenvalue weighted by molar-refractivity contribution is 14.1. The smallest absolute Gasteiger partial charge is 0.0295 e. The molecule has 0 unspecified atom stereocenters. The minimum Gasteiger partial charge on any atom is -0.269 e. The van der Waals surface area contributed by atoms with Crippen molar-refractivity contribution < 1.29 is 0 Å². The highest BCUT2D eigenvalue weighted by atomic mass is 127. The summed E-state index contributed by atoms with van der Waals surface area (Å²) >= 11 is 2.31. The Morgan fingerprint density at radius 1 is 0.929 bits per heavy atom. The van der Waals surface area contributed by atoms with Crippen LogP contribution < -0.4 is 17.5 Å². The Labute approximate surface area is 99.8 Å². The number of hydrogen-bond acceptors (Lipinski definition) is 6. The van der Waals surface area contributed by atoms with Crippen molar-refractivity contribution in [3.8, 4) is 0 Å². The molecule has 6 N–H and O–H groups in total. The van der Waals surface area contributed by atoms with Crippen molar-refractivity contribution in [1.82, 2.24) is 13.2 Å². The number of hydrogen-bond donors (Lipinski definition) is 3. The maximum atomic E-state index is 5.49. The molecule has 0 saturated carbocycles. The number of rotatable bonds is 8. The molecule has 14 heavy (non-hydrogen) atoms. The normalized spacial score (nSPS) is 12.0. The van der Waals surface area contributed by atoms with E-state index in [2.05, 4.69) is 26.0 Å². The van der Waals surface area contributed by atoms with Crippen LogP contribution in [0, 0.1) is 0 Å². The Balaban J connectivity index is 3.23. The minimum atomic E-state index is 0.719. The van der Waals surface area contributed by atoms with Gasteiger partial charge in [-0.15, -0.1) is 0 Å². The third-order valence-corrected chi connectivity index (χ3v) is 2.69. The molecule has 0 aliphatic carbocycles. The molecular formula is C7H21IN6. The molecule has 0 aliphatic heterocycles.